The molecular formula is C16H13ClN2OS. The van der Waals surface area contributed by atoms with Crippen LogP contribution in [-0.4, -0.2) is 10.9 Å². The van der Waals surface area contributed by atoms with Gasteiger partial charge in [0.05, 0.1) is 17.1 Å². The van der Waals surface area contributed by atoms with Crippen LogP contribution >= 0.6 is 22.9 Å². The summed E-state index contributed by atoms with van der Waals surface area (Å²) in [6.07, 6.45) is 0. The number of aryl methyl sites for hydroxylation is 1. The Morgan fingerprint density at radius 1 is 1.29 bits per heavy atom. The molecule has 2 heterocycles. The second kappa shape index (κ2) is 5.84. The monoisotopic (exact) mass is 316 g/mol. The quantitative estimate of drug-likeness (QED) is 0.787. The predicted octanol–water partition coefficient (Wildman–Crippen LogP) is 4.19. The number of pyridine rings is 1. The highest BCUT2D eigenvalue weighted by molar-refractivity contribution is 7.11. The summed E-state index contributed by atoms with van der Waals surface area (Å²) in [5, 5.41) is 4.26. The van der Waals surface area contributed by atoms with Crippen LogP contribution in [0.4, 0.5) is 0 Å². The van der Waals surface area contributed by atoms with Gasteiger partial charge >= 0.3 is 0 Å². The smallest absolute Gasteiger partial charge is 0.270 e. The molecule has 1 aromatic carbocycles. The molecule has 0 saturated carbocycles. The molecular weight excluding hydrogens is 304 g/mol. The molecule has 0 saturated heterocycles. The van der Waals surface area contributed by atoms with Gasteiger partial charge in [0.2, 0.25) is 0 Å². The SMILES string of the molecule is Cc1ccc(CNC(=O)c2cc(Cl)c3ccccc3n2)s1. The molecule has 1 N–H and O–H groups in total. The first-order valence-electron chi connectivity index (χ1n) is 6.52. The number of nitrogens with one attached hydrogen (secondary N) is 1. The van der Waals surface area contributed by atoms with Crippen molar-refractivity contribution in [3.8, 4) is 0 Å². The van der Waals surface area contributed by atoms with Crippen LogP contribution in [0.15, 0.2) is 42.5 Å². The van der Waals surface area contributed by atoms with E-state index in [-0.39, 0.29) is 5.91 Å². The lowest BCUT2D eigenvalue weighted by Gasteiger charge is -2.06. The number of thiophene rings is 1. The van der Waals surface area contributed by atoms with Crippen LogP contribution in [0, 0.1) is 6.92 Å². The van der Waals surface area contributed by atoms with Gasteiger partial charge in [-0.1, -0.05) is 29.8 Å². The van der Waals surface area contributed by atoms with E-state index in [2.05, 4.69) is 10.3 Å². The van der Waals surface area contributed by atoms with Crippen molar-refractivity contribution in [2.75, 3.05) is 0 Å². The molecule has 3 rings (SSSR count). The molecule has 0 atom stereocenters. The Kier molecular flexibility index (Phi) is 3.90. The fourth-order valence-electron chi connectivity index (χ4n) is 2.09. The number of nitrogens with zero attached hydrogens (tertiary/aromatic N) is 1. The van der Waals surface area contributed by atoms with Crippen LogP contribution in [0.5, 0.6) is 0 Å². The molecule has 0 aliphatic carbocycles. The molecule has 0 bridgehead atoms. The first kappa shape index (κ1) is 14.0. The zero-order chi connectivity index (χ0) is 14.8. The molecule has 1 amide bonds. The number of carbonyl (C=O) groups is 1. The summed E-state index contributed by atoms with van der Waals surface area (Å²) in [7, 11) is 0. The van der Waals surface area contributed by atoms with E-state index in [1.807, 2.05) is 43.3 Å². The minimum absolute atomic E-state index is 0.214. The topological polar surface area (TPSA) is 42.0 Å². The molecule has 2 aromatic heterocycles. The van der Waals surface area contributed by atoms with E-state index in [0.717, 1.165) is 15.8 Å². The number of amides is 1. The van der Waals surface area contributed by atoms with Crippen molar-refractivity contribution in [2.45, 2.75) is 13.5 Å². The number of rotatable bonds is 3. The lowest BCUT2D eigenvalue weighted by atomic mass is 10.2. The molecule has 0 aliphatic rings. The molecule has 106 valence electrons. The number of carbonyl (C=O) groups excluding carboxylic acids is 1. The van der Waals surface area contributed by atoms with Crippen LogP contribution < -0.4 is 5.32 Å². The Morgan fingerprint density at radius 2 is 2.10 bits per heavy atom. The van der Waals surface area contributed by atoms with Crippen molar-refractivity contribution in [1.82, 2.24) is 10.3 Å². The van der Waals surface area contributed by atoms with E-state index < -0.39 is 0 Å². The molecule has 0 fully saturated rings. The average molecular weight is 317 g/mol. The van der Waals surface area contributed by atoms with E-state index in [9.17, 15) is 4.79 Å². The number of fused-ring (bicyclic) bond motifs is 1. The van der Waals surface area contributed by atoms with Gasteiger partial charge in [-0.15, -0.1) is 11.3 Å². The second-order valence-electron chi connectivity index (χ2n) is 4.70. The van der Waals surface area contributed by atoms with Gasteiger partial charge in [0.1, 0.15) is 5.69 Å². The van der Waals surface area contributed by atoms with Crippen molar-refractivity contribution < 1.29 is 4.79 Å². The molecule has 0 unspecified atom stereocenters. The molecule has 3 nitrogen and oxygen atoms in total. The van der Waals surface area contributed by atoms with Gasteiger partial charge in [-0.05, 0) is 31.2 Å². The van der Waals surface area contributed by atoms with Crippen LogP contribution in [0.2, 0.25) is 5.02 Å². The summed E-state index contributed by atoms with van der Waals surface area (Å²) in [6, 6.07) is 13.2. The van der Waals surface area contributed by atoms with Gasteiger partial charge in [-0.3, -0.25) is 4.79 Å². The van der Waals surface area contributed by atoms with Gasteiger partial charge in [0.15, 0.2) is 0 Å². The summed E-state index contributed by atoms with van der Waals surface area (Å²) in [5.74, 6) is -0.214. The highest BCUT2D eigenvalue weighted by Crippen LogP contribution is 2.23. The third-order valence-corrected chi connectivity index (χ3v) is 4.43. The Balaban J connectivity index is 1.81. The maximum atomic E-state index is 12.2. The van der Waals surface area contributed by atoms with E-state index in [1.54, 1.807) is 17.4 Å². The highest BCUT2D eigenvalue weighted by Gasteiger charge is 2.11. The summed E-state index contributed by atoms with van der Waals surface area (Å²) in [6.45, 7) is 2.55. The molecule has 0 aliphatic heterocycles. The Labute approximate surface area is 131 Å². The number of benzene rings is 1. The van der Waals surface area contributed by atoms with Crippen LogP contribution in [0.3, 0.4) is 0 Å². The fourth-order valence-corrected chi connectivity index (χ4v) is 3.18. The summed E-state index contributed by atoms with van der Waals surface area (Å²) < 4.78 is 0. The Bertz CT molecular complexity index is 813. The summed E-state index contributed by atoms with van der Waals surface area (Å²) >= 11 is 7.88. The zero-order valence-electron chi connectivity index (χ0n) is 11.4. The zero-order valence-corrected chi connectivity index (χ0v) is 13.0. The minimum Gasteiger partial charge on any atom is -0.346 e. The second-order valence-corrected chi connectivity index (χ2v) is 6.48. The fraction of sp³-hybridized carbons (Fsp3) is 0.125. The van der Waals surface area contributed by atoms with Gasteiger partial charge < -0.3 is 5.32 Å². The predicted molar refractivity (Wildman–Crippen MR) is 87.0 cm³/mol. The standard InChI is InChI=1S/C16H13ClN2OS/c1-10-6-7-11(21-10)9-18-16(20)15-8-13(17)12-4-2-3-5-14(12)19-15/h2-8H,9H2,1H3,(H,18,20). The van der Waals surface area contributed by atoms with Crippen molar-refractivity contribution >= 4 is 39.7 Å². The highest BCUT2D eigenvalue weighted by atomic mass is 35.5. The van der Waals surface area contributed by atoms with Crippen molar-refractivity contribution in [2.24, 2.45) is 0 Å². The van der Waals surface area contributed by atoms with E-state index in [4.69, 9.17) is 11.6 Å². The third kappa shape index (κ3) is 3.06. The molecule has 5 heteroatoms. The average Bonchev–Trinajstić information content (AvgIpc) is 2.90. The maximum Gasteiger partial charge on any atom is 0.270 e. The molecule has 0 spiro atoms. The van der Waals surface area contributed by atoms with Crippen LogP contribution in [0.25, 0.3) is 10.9 Å². The molecule has 3 aromatic rings. The Morgan fingerprint density at radius 3 is 2.86 bits per heavy atom. The van der Waals surface area contributed by atoms with E-state index in [1.165, 1.54) is 4.88 Å². The minimum atomic E-state index is -0.214. The first-order chi connectivity index (χ1) is 10.1. The van der Waals surface area contributed by atoms with E-state index >= 15 is 0 Å². The van der Waals surface area contributed by atoms with Gasteiger partial charge in [-0.2, -0.15) is 0 Å². The van der Waals surface area contributed by atoms with Gasteiger partial charge in [0, 0.05) is 15.1 Å². The maximum absolute atomic E-state index is 12.2. The number of hydrogen-bond acceptors (Lipinski definition) is 3. The van der Waals surface area contributed by atoms with Crippen LogP contribution in [-0.2, 0) is 6.54 Å². The summed E-state index contributed by atoms with van der Waals surface area (Å²) in [4.78, 5) is 18.9. The first-order valence-corrected chi connectivity index (χ1v) is 7.72. The largest absolute Gasteiger partial charge is 0.346 e. The number of aromatic nitrogens is 1. The lowest BCUT2D eigenvalue weighted by Crippen LogP contribution is -2.23. The number of halogens is 1. The third-order valence-electron chi connectivity index (χ3n) is 3.12. The number of hydrogen-bond donors (Lipinski definition) is 1. The van der Waals surface area contributed by atoms with Crippen molar-refractivity contribution in [1.29, 1.82) is 0 Å². The Hall–Kier alpha value is -1.91. The van der Waals surface area contributed by atoms with Gasteiger partial charge in [0.25, 0.3) is 5.91 Å². The van der Waals surface area contributed by atoms with Crippen molar-refractivity contribution in [3.63, 3.8) is 0 Å². The molecule has 0 radical (unpaired) electrons. The van der Waals surface area contributed by atoms with Crippen molar-refractivity contribution in [3.05, 3.63) is 62.9 Å². The summed E-state index contributed by atoms with van der Waals surface area (Å²) in [5.41, 5.74) is 1.06. The van der Waals surface area contributed by atoms with E-state index in [0.29, 0.717) is 17.3 Å². The lowest BCUT2D eigenvalue weighted by molar-refractivity contribution is 0.0946. The molecule has 21 heavy (non-hydrogen) atoms. The van der Waals surface area contributed by atoms with Crippen LogP contribution in [0.1, 0.15) is 20.2 Å². The normalized spacial score (nSPS) is 10.8. The van der Waals surface area contributed by atoms with Gasteiger partial charge in [-0.25, -0.2) is 4.98 Å². The number of para-hydroxylation sites is 1.